The zero-order valence-corrected chi connectivity index (χ0v) is 17.2. The number of aliphatic hydroxyl groups is 1. The van der Waals surface area contributed by atoms with Crippen LogP contribution >= 0.6 is 0 Å². The number of hydrogen-bond donors (Lipinski definition) is 2. The van der Waals surface area contributed by atoms with Gasteiger partial charge in [-0.15, -0.1) is 0 Å². The van der Waals surface area contributed by atoms with E-state index in [0.717, 1.165) is 12.8 Å². The molecule has 1 fully saturated rings. The number of methoxy groups -OCH3 is 1. The maximum Gasteiger partial charge on any atom is 0.167 e. The molecule has 2 aromatic heterocycles. The van der Waals surface area contributed by atoms with Gasteiger partial charge in [0.1, 0.15) is 30.2 Å². The van der Waals surface area contributed by atoms with Gasteiger partial charge in [0.05, 0.1) is 19.5 Å². The van der Waals surface area contributed by atoms with Gasteiger partial charge in [-0.05, 0) is 29.5 Å². The van der Waals surface area contributed by atoms with Gasteiger partial charge in [-0.3, -0.25) is 4.57 Å². The summed E-state index contributed by atoms with van der Waals surface area (Å²) >= 11 is 0. The average Bonchev–Trinajstić information content (AvgIpc) is 3.35. The number of rotatable bonds is 6. The van der Waals surface area contributed by atoms with Gasteiger partial charge in [0.25, 0.3) is 0 Å². The molecule has 2 aliphatic rings. The Bertz CT molecular complexity index is 1110. The van der Waals surface area contributed by atoms with Crippen molar-refractivity contribution < 1.29 is 19.3 Å². The van der Waals surface area contributed by atoms with Crippen molar-refractivity contribution in [3.63, 3.8) is 0 Å². The van der Waals surface area contributed by atoms with E-state index in [4.69, 9.17) is 19.9 Å². The summed E-state index contributed by atoms with van der Waals surface area (Å²) in [5.74, 6) is 0.289. The molecule has 9 heteroatoms. The van der Waals surface area contributed by atoms with Gasteiger partial charge in [-0.25, -0.2) is 15.0 Å². The number of aromatic nitrogens is 4. The fourth-order valence-corrected chi connectivity index (χ4v) is 4.38. The first kappa shape index (κ1) is 20.1. The van der Waals surface area contributed by atoms with Crippen molar-refractivity contribution in [1.82, 2.24) is 19.5 Å². The van der Waals surface area contributed by atoms with Gasteiger partial charge < -0.3 is 25.1 Å². The average molecular weight is 423 g/mol. The highest BCUT2D eigenvalue weighted by Gasteiger charge is 2.45. The zero-order valence-electron chi connectivity index (χ0n) is 17.2. The van der Waals surface area contributed by atoms with Crippen LogP contribution in [0, 0.1) is 0 Å². The van der Waals surface area contributed by atoms with Crippen LogP contribution in [0.2, 0.25) is 0 Å². The summed E-state index contributed by atoms with van der Waals surface area (Å²) in [5, 5.41) is 10.8. The second-order valence-electron chi connectivity index (χ2n) is 7.78. The summed E-state index contributed by atoms with van der Waals surface area (Å²) in [7, 11) is 1.54. The zero-order chi connectivity index (χ0) is 21.4. The molecule has 1 saturated heterocycles. The number of aryl methyl sites for hydroxylation is 1. The first-order chi connectivity index (χ1) is 15.2. The maximum atomic E-state index is 10.8. The van der Waals surface area contributed by atoms with Crippen molar-refractivity contribution in [1.29, 1.82) is 0 Å². The number of nitrogens with two attached hydrogens (primary N) is 1. The second-order valence-corrected chi connectivity index (χ2v) is 7.78. The largest absolute Gasteiger partial charge is 0.387 e. The molecule has 162 valence electrons. The van der Waals surface area contributed by atoms with Gasteiger partial charge in [-0.1, -0.05) is 30.3 Å². The summed E-state index contributed by atoms with van der Waals surface area (Å²) < 4.78 is 19.4. The number of nitrogens with zero attached hydrogens (tertiary/aromatic N) is 4. The number of anilines is 1. The monoisotopic (exact) mass is 423 g/mol. The number of ether oxygens (including phenoxy) is 3. The quantitative estimate of drug-likeness (QED) is 0.616. The molecule has 0 saturated carbocycles. The lowest BCUT2D eigenvalue weighted by Crippen LogP contribution is -2.35. The fourth-order valence-electron chi connectivity index (χ4n) is 4.38. The third-order valence-corrected chi connectivity index (χ3v) is 5.95. The molecule has 1 aliphatic carbocycles. The topological polar surface area (TPSA) is 118 Å². The van der Waals surface area contributed by atoms with Crippen LogP contribution in [0.25, 0.3) is 16.7 Å². The normalized spacial score (nSPS) is 25.5. The Labute approximate surface area is 179 Å². The fraction of sp³-hybridized carbons (Fsp3) is 0.409. The Morgan fingerprint density at radius 1 is 1.26 bits per heavy atom. The van der Waals surface area contributed by atoms with Crippen LogP contribution in [0.1, 0.15) is 23.8 Å². The molecule has 0 amide bonds. The Kier molecular flexibility index (Phi) is 5.41. The molecule has 3 aromatic rings. The van der Waals surface area contributed by atoms with Gasteiger partial charge in [-0.2, -0.15) is 0 Å². The molecular formula is C22H25N5O4. The minimum absolute atomic E-state index is 0.237. The van der Waals surface area contributed by atoms with E-state index in [1.165, 1.54) is 23.0 Å². The van der Waals surface area contributed by atoms with Crippen molar-refractivity contribution in [3.8, 4) is 0 Å². The third-order valence-electron chi connectivity index (χ3n) is 5.95. The summed E-state index contributed by atoms with van der Waals surface area (Å²) in [6, 6.07) is 8.39. The molecule has 0 radical (unpaired) electrons. The van der Waals surface area contributed by atoms with E-state index < -0.39 is 24.5 Å². The third kappa shape index (κ3) is 3.59. The second kappa shape index (κ2) is 8.35. The molecule has 5 rings (SSSR count). The minimum Gasteiger partial charge on any atom is -0.387 e. The van der Waals surface area contributed by atoms with E-state index in [1.807, 2.05) is 6.07 Å². The standard InChI is InChI=1S/C22H25N5O4/c1-29-19-18(28)16(10-30-9-14-7-4-6-13-5-2-3-8-15(13)14)31-22(19)27-12-26-17-20(23)24-11-25-21(17)27/h2-3,5,7-8,11-12,16,18-19,22,28H,4,6,9-10H2,1H3,(H2,23,24,25)/t16-,18-,19-,22-/m1/s1. The summed E-state index contributed by atoms with van der Waals surface area (Å²) in [4.78, 5) is 12.5. The molecule has 1 aromatic carbocycles. The number of hydrogen-bond acceptors (Lipinski definition) is 8. The van der Waals surface area contributed by atoms with Gasteiger partial charge in [0, 0.05) is 7.11 Å². The van der Waals surface area contributed by atoms with Crippen molar-refractivity contribution >= 4 is 22.6 Å². The lowest BCUT2D eigenvalue weighted by atomic mass is 9.91. The molecule has 0 bridgehead atoms. The number of allylic oxidation sites excluding steroid dienone is 1. The smallest absolute Gasteiger partial charge is 0.167 e. The minimum atomic E-state index is -0.862. The predicted molar refractivity (Wildman–Crippen MR) is 114 cm³/mol. The number of aliphatic hydroxyl groups excluding tert-OH is 1. The SMILES string of the molecule is CO[C@@H]1[C@H](O)[C@@H](COCC2=CCCc3ccccc32)O[C@H]1n1cnc2c(N)ncnc21. The van der Waals surface area contributed by atoms with Crippen molar-refractivity contribution in [2.24, 2.45) is 0 Å². The van der Waals surface area contributed by atoms with Crippen molar-refractivity contribution in [3.05, 3.63) is 54.1 Å². The van der Waals surface area contributed by atoms with Crippen LogP contribution in [-0.2, 0) is 20.6 Å². The Morgan fingerprint density at radius 2 is 2.13 bits per heavy atom. The van der Waals surface area contributed by atoms with E-state index in [0.29, 0.717) is 17.8 Å². The van der Waals surface area contributed by atoms with Crippen LogP contribution in [0.4, 0.5) is 5.82 Å². The Morgan fingerprint density at radius 3 is 3.00 bits per heavy atom. The van der Waals surface area contributed by atoms with Gasteiger partial charge >= 0.3 is 0 Å². The molecule has 31 heavy (non-hydrogen) atoms. The highest BCUT2D eigenvalue weighted by molar-refractivity contribution is 5.81. The highest BCUT2D eigenvalue weighted by atomic mass is 16.6. The van der Waals surface area contributed by atoms with Crippen LogP contribution in [-0.4, -0.2) is 63.3 Å². The Hall–Kier alpha value is -2.85. The van der Waals surface area contributed by atoms with E-state index >= 15 is 0 Å². The molecule has 3 heterocycles. The van der Waals surface area contributed by atoms with Crippen LogP contribution in [0.3, 0.4) is 0 Å². The van der Waals surface area contributed by atoms with Crippen molar-refractivity contribution in [2.75, 3.05) is 26.1 Å². The van der Waals surface area contributed by atoms with Gasteiger partial charge in [0.2, 0.25) is 0 Å². The first-order valence-corrected chi connectivity index (χ1v) is 10.3. The van der Waals surface area contributed by atoms with Gasteiger partial charge in [0.15, 0.2) is 17.7 Å². The van der Waals surface area contributed by atoms with E-state index in [1.54, 1.807) is 18.0 Å². The molecule has 3 N–H and O–H groups in total. The van der Waals surface area contributed by atoms with Crippen molar-refractivity contribution in [2.45, 2.75) is 37.4 Å². The number of nitrogen functional groups attached to an aromatic ring is 1. The lowest BCUT2D eigenvalue weighted by Gasteiger charge is -2.20. The summed E-state index contributed by atoms with van der Waals surface area (Å²) in [5.41, 5.74) is 10.6. The summed E-state index contributed by atoms with van der Waals surface area (Å²) in [6.07, 6.45) is 4.60. The number of fused-ring (bicyclic) bond motifs is 2. The molecule has 4 atom stereocenters. The van der Waals surface area contributed by atoms with Crippen LogP contribution in [0.15, 0.2) is 43.0 Å². The first-order valence-electron chi connectivity index (χ1n) is 10.3. The van der Waals surface area contributed by atoms with E-state index in [-0.39, 0.29) is 12.4 Å². The van der Waals surface area contributed by atoms with Crippen LogP contribution in [0.5, 0.6) is 0 Å². The van der Waals surface area contributed by atoms with E-state index in [2.05, 4.69) is 39.2 Å². The number of imidazole rings is 1. The molecular weight excluding hydrogens is 398 g/mol. The lowest BCUT2D eigenvalue weighted by molar-refractivity contribution is -0.0656. The predicted octanol–water partition coefficient (Wildman–Crippen LogP) is 1.73. The highest BCUT2D eigenvalue weighted by Crippen LogP contribution is 2.34. The summed E-state index contributed by atoms with van der Waals surface area (Å²) in [6.45, 7) is 0.699. The van der Waals surface area contributed by atoms with Crippen LogP contribution < -0.4 is 5.73 Å². The molecule has 9 nitrogen and oxygen atoms in total. The molecule has 0 spiro atoms. The molecule has 0 unspecified atom stereocenters. The maximum absolute atomic E-state index is 10.8. The number of benzene rings is 1. The molecule has 1 aliphatic heterocycles. The Balaban J connectivity index is 1.29. The van der Waals surface area contributed by atoms with E-state index in [9.17, 15) is 5.11 Å².